The number of nitrogens with zero attached hydrogens (tertiary/aromatic N) is 6. The van der Waals surface area contributed by atoms with Crippen LogP contribution in [-0.2, 0) is 0 Å². The summed E-state index contributed by atoms with van der Waals surface area (Å²) < 4.78 is 0. The van der Waals surface area contributed by atoms with Gasteiger partial charge in [-0.25, -0.2) is 9.97 Å². The van der Waals surface area contributed by atoms with E-state index in [-0.39, 0.29) is 0 Å². The van der Waals surface area contributed by atoms with Crippen LogP contribution in [0.25, 0.3) is 56.0 Å². The number of rotatable bonds is 3. The van der Waals surface area contributed by atoms with E-state index >= 15 is 0 Å². The molecular formula is C22H14N8. The summed E-state index contributed by atoms with van der Waals surface area (Å²) in [5.74, 6) is 0.630. The van der Waals surface area contributed by atoms with Gasteiger partial charge in [-0.1, -0.05) is 6.07 Å². The molecule has 0 aliphatic heterocycles. The van der Waals surface area contributed by atoms with Gasteiger partial charge in [-0.2, -0.15) is 5.10 Å². The lowest BCUT2D eigenvalue weighted by Gasteiger charge is -2.00. The van der Waals surface area contributed by atoms with Crippen molar-refractivity contribution in [2.24, 2.45) is 0 Å². The number of fused-ring (bicyclic) bond motifs is 2. The molecule has 0 atom stereocenters. The molecule has 0 aliphatic carbocycles. The van der Waals surface area contributed by atoms with Crippen LogP contribution in [0.1, 0.15) is 0 Å². The van der Waals surface area contributed by atoms with Crippen molar-refractivity contribution in [2.45, 2.75) is 0 Å². The number of pyridine rings is 4. The van der Waals surface area contributed by atoms with Crippen molar-refractivity contribution in [1.82, 2.24) is 40.1 Å². The van der Waals surface area contributed by atoms with Crippen LogP contribution in [0.15, 0.2) is 73.6 Å². The summed E-state index contributed by atoms with van der Waals surface area (Å²) in [6.45, 7) is 0. The molecule has 0 amide bonds. The van der Waals surface area contributed by atoms with Crippen molar-refractivity contribution in [3.8, 4) is 33.9 Å². The van der Waals surface area contributed by atoms with E-state index in [4.69, 9.17) is 9.97 Å². The van der Waals surface area contributed by atoms with Crippen molar-refractivity contribution in [2.75, 3.05) is 0 Å². The van der Waals surface area contributed by atoms with Crippen LogP contribution in [0.5, 0.6) is 0 Å². The van der Waals surface area contributed by atoms with E-state index in [0.717, 1.165) is 44.5 Å². The number of aromatic nitrogens is 8. The zero-order valence-electron chi connectivity index (χ0n) is 15.6. The fourth-order valence-electron chi connectivity index (χ4n) is 3.52. The highest BCUT2D eigenvalue weighted by atomic mass is 15.1. The second kappa shape index (κ2) is 6.56. The molecule has 142 valence electrons. The summed E-state index contributed by atoms with van der Waals surface area (Å²) in [7, 11) is 0. The Morgan fingerprint density at radius 1 is 0.667 bits per heavy atom. The summed E-state index contributed by atoms with van der Waals surface area (Å²) in [6.07, 6.45) is 10.6. The van der Waals surface area contributed by atoms with Crippen LogP contribution < -0.4 is 0 Å². The lowest BCUT2D eigenvalue weighted by Crippen LogP contribution is -1.87. The topological polar surface area (TPSA) is 109 Å². The largest absolute Gasteiger partial charge is 0.335 e. The molecule has 0 aromatic carbocycles. The van der Waals surface area contributed by atoms with Crippen LogP contribution >= 0.6 is 0 Å². The SMILES string of the molecule is c1cncc(-c2ccc3[nH]nc(-c4nc5c(-c6cccnc6)cncc5[nH]4)c3n2)c1. The maximum absolute atomic E-state index is 4.83. The zero-order valence-corrected chi connectivity index (χ0v) is 15.6. The van der Waals surface area contributed by atoms with Crippen molar-refractivity contribution >= 4 is 22.1 Å². The predicted molar refractivity (Wildman–Crippen MR) is 113 cm³/mol. The second-order valence-corrected chi connectivity index (χ2v) is 6.82. The molecule has 0 spiro atoms. The molecule has 0 fully saturated rings. The van der Waals surface area contributed by atoms with E-state index in [1.54, 1.807) is 37.2 Å². The minimum Gasteiger partial charge on any atom is -0.335 e. The van der Waals surface area contributed by atoms with E-state index in [0.29, 0.717) is 11.5 Å². The molecule has 6 aromatic rings. The molecule has 0 bridgehead atoms. The molecule has 6 aromatic heterocycles. The molecule has 8 heteroatoms. The second-order valence-electron chi connectivity index (χ2n) is 6.82. The van der Waals surface area contributed by atoms with Gasteiger partial charge in [0.2, 0.25) is 0 Å². The highest BCUT2D eigenvalue weighted by Gasteiger charge is 2.17. The summed E-state index contributed by atoms with van der Waals surface area (Å²) in [4.78, 5) is 25.7. The third-order valence-electron chi connectivity index (χ3n) is 4.96. The molecule has 30 heavy (non-hydrogen) atoms. The Balaban J connectivity index is 1.52. The highest BCUT2D eigenvalue weighted by molar-refractivity contribution is 5.95. The van der Waals surface area contributed by atoms with Gasteiger partial charge in [0.05, 0.1) is 22.9 Å². The monoisotopic (exact) mass is 390 g/mol. The molecule has 8 nitrogen and oxygen atoms in total. The minimum atomic E-state index is 0.630. The number of hydrogen-bond donors (Lipinski definition) is 2. The molecule has 0 saturated heterocycles. The molecule has 0 aliphatic rings. The fourth-order valence-corrected chi connectivity index (χ4v) is 3.52. The van der Waals surface area contributed by atoms with Crippen LogP contribution in [0.2, 0.25) is 0 Å². The first-order chi connectivity index (χ1) is 14.9. The van der Waals surface area contributed by atoms with Crippen LogP contribution in [-0.4, -0.2) is 40.1 Å². The average Bonchev–Trinajstić information content (AvgIpc) is 3.43. The maximum atomic E-state index is 4.83. The molecule has 0 unspecified atom stereocenters. The van der Waals surface area contributed by atoms with Gasteiger partial charge in [-0.05, 0) is 30.3 Å². The summed E-state index contributed by atoms with van der Waals surface area (Å²) in [5.41, 5.74) is 7.51. The maximum Gasteiger partial charge on any atom is 0.161 e. The predicted octanol–water partition coefficient (Wildman–Crippen LogP) is 4.02. The molecule has 2 N–H and O–H groups in total. The van der Waals surface area contributed by atoms with Crippen LogP contribution in [0.3, 0.4) is 0 Å². The lowest BCUT2D eigenvalue weighted by molar-refractivity contribution is 1.10. The van der Waals surface area contributed by atoms with Crippen molar-refractivity contribution < 1.29 is 0 Å². The number of imidazole rings is 1. The normalized spacial score (nSPS) is 11.3. The third kappa shape index (κ3) is 2.62. The summed E-state index contributed by atoms with van der Waals surface area (Å²) in [6, 6.07) is 11.7. The molecule has 0 radical (unpaired) electrons. The van der Waals surface area contributed by atoms with Gasteiger partial charge in [-0.3, -0.25) is 20.1 Å². The van der Waals surface area contributed by atoms with Gasteiger partial charge in [0.1, 0.15) is 11.0 Å². The Kier molecular flexibility index (Phi) is 3.60. The zero-order chi connectivity index (χ0) is 19.9. The Morgan fingerprint density at radius 3 is 2.30 bits per heavy atom. The van der Waals surface area contributed by atoms with Crippen LogP contribution in [0, 0.1) is 0 Å². The van der Waals surface area contributed by atoms with Gasteiger partial charge in [0.25, 0.3) is 0 Å². The number of hydrogen-bond acceptors (Lipinski definition) is 6. The summed E-state index contributed by atoms with van der Waals surface area (Å²) in [5, 5.41) is 7.51. The van der Waals surface area contributed by atoms with Crippen molar-refractivity contribution in [3.63, 3.8) is 0 Å². The molecular weight excluding hydrogens is 376 g/mol. The van der Waals surface area contributed by atoms with Gasteiger partial charge in [-0.15, -0.1) is 0 Å². The first-order valence-electron chi connectivity index (χ1n) is 9.37. The number of aromatic amines is 2. The standard InChI is InChI=1S/C22H14N8/c1-3-13(9-23-7-1)15-11-25-12-18-19(15)28-22(27-18)21-20-17(29-30-21)6-5-16(26-20)14-4-2-8-24-10-14/h1-12H,(H,27,28)(H,29,30). The Hall–Kier alpha value is -4.46. The van der Waals surface area contributed by atoms with E-state index in [1.807, 2.05) is 36.4 Å². The Bertz CT molecular complexity index is 1490. The fraction of sp³-hybridized carbons (Fsp3) is 0. The van der Waals surface area contributed by atoms with Crippen molar-refractivity contribution in [1.29, 1.82) is 0 Å². The number of nitrogens with one attached hydrogen (secondary N) is 2. The van der Waals surface area contributed by atoms with Gasteiger partial charge >= 0.3 is 0 Å². The first-order valence-corrected chi connectivity index (χ1v) is 9.37. The molecule has 6 heterocycles. The third-order valence-corrected chi connectivity index (χ3v) is 4.96. The van der Waals surface area contributed by atoms with E-state index in [1.165, 1.54) is 0 Å². The van der Waals surface area contributed by atoms with E-state index in [9.17, 15) is 0 Å². The van der Waals surface area contributed by atoms with Gasteiger partial charge in [0, 0.05) is 47.7 Å². The average molecular weight is 390 g/mol. The lowest BCUT2D eigenvalue weighted by atomic mass is 10.1. The first kappa shape index (κ1) is 16.5. The van der Waals surface area contributed by atoms with Gasteiger partial charge in [0.15, 0.2) is 11.5 Å². The molecule has 0 saturated carbocycles. The quantitative estimate of drug-likeness (QED) is 0.472. The van der Waals surface area contributed by atoms with Crippen molar-refractivity contribution in [3.05, 3.63) is 73.6 Å². The molecule has 6 rings (SSSR count). The Morgan fingerprint density at radius 2 is 1.50 bits per heavy atom. The Labute approximate surface area is 170 Å². The van der Waals surface area contributed by atoms with Gasteiger partial charge < -0.3 is 4.98 Å². The minimum absolute atomic E-state index is 0.630. The number of H-pyrrole nitrogens is 2. The smallest absolute Gasteiger partial charge is 0.161 e. The van der Waals surface area contributed by atoms with Crippen LogP contribution in [0.4, 0.5) is 0 Å². The van der Waals surface area contributed by atoms with E-state index in [2.05, 4.69) is 30.1 Å². The summed E-state index contributed by atoms with van der Waals surface area (Å²) >= 11 is 0. The van der Waals surface area contributed by atoms with E-state index < -0.39 is 0 Å². The highest BCUT2D eigenvalue weighted by Crippen LogP contribution is 2.30.